The summed E-state index contributed by atoms with van der Waals surface area (Å²) in [4.78, 5) is 27.6. The molecule has 2 rings (SSSR count). The standard InChI is InChI=1S/C16H13Cl3N2O3/c1-9(10-5-3-2-4-6-10)21-12(22)8-24-16(23)15-14(19)13(18)11(17)7-20-15/h2-7,9H,8H2,1H3,(H,21,22)/t9-/m0/s1. The van der Waals surface area contributed by atoms with Gasteiger partial charge in [-0.15, -0.1) is 0 Å². The molecule has 24 heavy (non-hydrogen) atoms. The van der Waals surface area contributed by atoms with Crippen LogP contribution in [0.1, 0.15) is 29.0 Å². The number of hydrogen-bond donors (Lipinski definition) is 1. The molecule has 0 aliphatic rings. The summed E-state index contributed by atoms with van der Waals surface area (Å²) in [5.74, 6) is -1.31. The first-order valence-corrected chi connectivity index (χ1v) is 8.04. The van der Waals surface area contributed by atoms with E-state index in [1.807, 2.05) is 37.3 Å². The van der Waals surface area contributed by atoms with Crippen molar-refractivity contribution >= 4 is 46.7 Å². The molecule has 0 aliphatic heterocycles. The minimum absolute atomic E-state index is 0.00225. The van der Waals surface area contributed by atoms with Gasteiger partial charge in [-0.1, -0.05) is 65.1 Å². The normalized spacial score (nSPS) is 11.7. The molecular formula is C16H13Cl3N2O3. The van der Waals surface area contributed by atoms with Gasteiger partial charge in [-0.05, 0) is 12.5 Å². The van der Waals surface area contributed by atoms with Crippen LogP contribution in [0.4, 0.5) is 0 Å². The monoisotopic (exact) mass is 386 g/mol. The van der Waals surface area contributed by atoms with Gasteiger partial charge in [0.1, 0.15) is 0 Å². The van der Waals surface area contributed by atoms with Gasteiger partial charge in [-0.3, -0.25) is 4.79 Å². The fourth-order valence-corrected chi connectivity index (χ4v) is 2.45. The molecule has 0 saturated carbocycles. The molecule has 126 valence electrons. The molecular weight excluding hydrogens is 375 g/mol. The molecule has 0 unspecified atom stereocenters. The number of aromatic nitrogens is 1. The number of rotatable bonds is 5. The Kier molecular flexibility index (Phi) is 6.43. The van der Waals surface area contributed by atoms with Crippen molar-refractivity contribution in [3.63, 3.8) is 0 Å². The van der Waals surface area contributed by atoms with E-state index in [9.17, 15) is 9.59 Å². The number of ether oxygens (including phenoxy) is 1. The van der Waals surface area contributed by atoms with Crippen LogP contribution in [0.2, 0.25) is 15.1 Å². The number of esters is 1. The predicted octanol–water partition coefficient (Wildman–Crippen LogP) is 4.08. The third kappa shape index (κ3) is 4.60. The van der Waals surface area contributed by atoms with E-state index in [4.69, 9.17) is 39.5 Å². The number of pyridine rings is 1. The lowest BCUT2D eigenvalue weighted by Crippen LogP contribution is -2.31. The number of nitrogens with zero attached hydrogens (tertiary/aromatic N) is 1. The zero-order valence-corrected chi connectivity index (χ0v) is 14.8. The summed E-state index contributed by atoms with van der Waals surface area (Å²) in [6, 6.07) is 9.18. The van der Waals surface area contributed by atoms with Crippen LogP contribution < -0.4 is 5.32 Å². The molecule has 8 heteroatoms. The number of nitrogens with one attached hydrogen (secondary N) is 1. The molecule has 1 atom stereocenters. The number of benzene rings is 1. The first kappa shape index (κ1) is 18.5. The number of carbonyl (C=O) groups is 2. The summed E-state index contributed by atoms with van der Waals surface area (Å²) in [5, 5.41) is 2.72. The van der Waals surface area contributed by atoms with Crippen LogP contribution in [0.15, 0.2) is 36.5 Å². The van der Waals surface area contributed by atoms with Gasteiger partial charge in [0, 0.05) is 6.20 Å². The van der Waals surface area contributed by atoms with E-state index in [1.165, 1.54) is 6.20 Å². The summed E-state index contributed by atoms with van der Waals surface area (Å²) in [6.45, 7) is 1.36. The summed E-state index contributed by atoms with van der Waals surface area (Å²) >= 11 is 17.5. The van der Waals surface area contributed by atoms with Crippen molar-refractivity contribution in [2.45, 2.75) is 13.0 Å². The maximum atomic E-state index is 11.9. The molecule has 1 heterocycles. The van der Waals surface area contributed by atoms with E-state index in [1.54, 1.807) is 0 Å². The van der Waals surface area contributed by atoms with Crippen molar-refractivity contribution in [2.24, 2.45) is 0 Å². The lowest BCUT2D eigenvalue weighted by atomic mass is 10.1. The molecule has 0 bridgehead atoms. The van der Waals surface area contributed by atoms with Gasteiger partial charge in [0.2, 0.25) is 0 Å². The highest BCUT2D eigenvalue weighted by molar-refractivity contribution is 6.48. The number of carbonyl (C=O) groups excluding carboxylic acids is 2. The van der Waals surface area contributed by atoms with Gasteiger partial charge in [-0.2, -0.15) is 0 Å². The Morgan fingerprint density at radius 3 is 2.50 bits per heavy atom. The lowest BCUT2D eigenvalue weighted by molar-refractivity contribution is -0.124. The summed E-state index contributed by atoms with van der Waals surface area (Å²) < 4.78 is 4.90. The Labute approximate surface area is 153 Å². The first-order valence-electron chi connectivity index (χ1n) is 6.91. The first-order chi connectivity index (χ1) is 11.4. The topological polar surface area (TPSA) is 68.3 Å². The van der Waals surface area contributed by atoms with Gasteiger partial charge in [0.25, 0.3) is 5.91 Å². The molecule has 2 aromatic rings. The fraction of sp³-hybridized carbons (Fsp3) is 0.188. The van der Waals surface area contributed by atoms with Gasteiger partial charge < -0.3 is 10.1 Å². The van der Waals surface area contributed by atoms with Gasteiger partial charge in [-0.25, -0.2) is 9.78 Å². The molecule has 0 spiro atoms. The average molecular weight is 388 g/mol. The fourth-order valence-electron chi connectivity index (χ4n) is 1.89. The Morgan fingerprint density at radius 2 is 1.83 bits per heavy atom. The number of hydrogen-bond acceptors (Lipinski definition) is 4. The van der Waals surface area contributed by atoms with Crippen LogP contribution in [0.25, 0.3) is 0 Å². The van der Waals surface area contributed by atoms with Crippen molar-refractivity contribution in [1.82, 2.24) is 10.3 Å². The Morgan fingerprint density at radius 1 is 1.17 bits per heavy atom. The largest absolute Gasteiger partial charge is 0.451 e. The molecule has 1 N–H and O–H groups in total. The summed E-state index contributed by atoms with van der Waals surface area (Å²) in [5.41, 5.74) is 0.737. The quantitative estimate of drug-likeness (QED) is 0.785. The van der Waals surface area contributed by atoms with Crippen molar-refractivity contribution in [2.75, 3.05) is 6.61 Å². The van der Waals surface area contributed by atoms with Crippen molar-refractivity contribution in [3.8, 4) is 0 Å². The van der Waals surface area contributed by atoms with Crippen LogP contribution in [-0.2, 0) is 9.53 Å². The predicted molar refractivity (Wildman–Crippen MR) is 92.5 cm³/mol. The van der Waals surface area contributed by atoms with Gasteiger partial charge >= 0.3 is 5.97 Å². The zero-order valence-electron chi connectivity index (χ0n) is 12.6. The molecule has 1 aromatic carbocycles. The lowest BCUT2D eigenvalue weighted by Gasteiger charge is -2.14. The van der Waals surface area contributed by atoms with E-state index < -0.39 is 18.5 Å². The van der Waals surface area contributed by atoms with Crippen molar-refractivity contribution in [1.29, 1.82) is 0 Å². The van der Waals surface area contributed by atoms with Gasteiger partial charge in [0.05, 0.1) is 21.1 Å². The molecule has 0 fully saturated rings. The maximum Gasteiger partial charge on any atom is 0.359 e. The van der Waals surface area contributed by atoms with E-state index in [0.29, 0.717) is 0 Å². The minimum Gasteiger partial charge on any atom is -0.451 e. The van der Waals surface area contributed by atoms with Crippen LogP contribution in [0.5, 0.6) is 0 Å². The molecule has 0 saturated heterocycles. The molecule has 5 nitrogen and oxygen atoms in total. The van der Waals surface area contributed by atoms with Gasteiger partial charge in [0.15, 0.2) is 12.3 Å². The second-order valence-corrected chi connectivity index (χ2v) is 6.02. The van der Waals surface area contributed by atoms with E-state index in [0.717, 1.165) is 5.56 Å². The molecule has 0 radical (unpaired) electrons. The smallest absolute Gasteiger partial charge is 0.359 e. The Balaban J connectivity index is 1.92. The van der Waals surface area contributed by atoms with Crippen LogP contribution >= 0.6 is 34.8 Å². The Hall–Kier alpha value is -1.82. The van der Waals surface area contributed by atoms with Crippen LogP contribution in [0.3, 0.4) is 0 Å². The summed E-state index contributed by atoms with van der Waals surface area (Å²) in [6.07, 6.45) is 1.18. The third-order valence-electron chi connectivity index (χ3n) is 3.12. The molecule has 0 aliphatic carbocycles. The third-order valence-corrected chi connectivity index (χ3v) is 4.36. The second-order valence-electron chi connectivity index (χ2n) is 4.86. The van der Waals surface area contributed by atoms with Crippen molar-refractivity contribution < 1.29 is 14.3 Å². The summed E-state index contributed by atoms with van der Waals surface area (Å²) in [7, 11) is 0. The van der Waals surface area contributed by atoms with E-state index in [-0.39, 0.29) is 26.8 Å². The minimum atomic E-state index is -0.860. The molecule has 1 amide bonds. The number of amides is 1. The van der Waals surface area contributed by atoms with E-state index in [2.05, 4.69) is 10.3 Å². The van der Waals surface area contributed by atoms with Crippen LogP contribution in [-0.4, -0.2) is 23.5 Å². The number of halogens is 3. The average Bonchev–Trinajstić information content (AvgIpc) is 2.58. The SMILES string of the molecule is C[C@H](NC(=O)COC(=O)c1ncc(Cl)c(Cl)c1Cl)c1ccccc1. The highest BCUT2D eigenvalue weighted by Crippen LogP contribution is 2.31. The zero-order chi connectivity index (χ0) is 17.7. The Bertz CT molecular complexity index is 754. The van der Waals surface area contributed by atoms with E-state index >= 15 is 0 Å². The second kappa shape index (κ2) is 8.33. The highest BCUT2D eigenvalue weighted by Gasteiger charge is 2.19. The van der Waals surface area contributed by atoms with Crippen LogP contribution in [0, 0.1) is 0 Å². The maximum absolute atomic E-state index is 11.9. The van der Waals surface area contributed by atoms with Crippen molar-refractivity contribution in [3.05, 3.63) is 62.9 Å². The molecule has 1 aromatic heterocycles. The highest BCUT2D eigenvalue weighted by atomic mass is 35.5.